The molecular weight excluding hydrogens is 212 g/mol. The molecule has 0 saturated carbocycles. The predicted molar refractivity (Wildman–Crippen MR) is 70.9 cm³/mol. The summed E-state index contributed by atoms with van der Waals surface area (Å²) in [7, 11) is 6.37. The van der Waals surface area contributed by atoms with Gasteiger partial charge in [0.05, 0.1) is 12.5 Å². The van der Waals surface area contributed by atoms with E-state index in [2.05, 4.69) is 48.8 Å². The van der Waals surface area contributed by atoms with Crippen molar-refractivity contribution >= 4 is 0 Å². The molecule has 2 atom stereocenters. The van der Waals surface area contributed by atoms with Crippen molar-refractivity contribution in [2.45, 2.75) is 31.8 Å². The van der Waals surface area contributed by atoms with Crippen LogP contribution >= 0.6 is 0 Å². The van der Waals surface area contributed by atoms with Gasteiger partial charge in [-0.05, 0) is 41.0 Å². The summed E-state index contributed by atoms with van der Waals surface area (Å²) in [6.45, 7) is 6.63. The average Bonchev–Trinajstić information content (AvgIpc) is 2.40. The average molecular weight is 238 g/mol. The van der Waals surface area contributed by atoms with Gasteiger partial charge in [0, 0.05) is 31.7 Å². The van der Waals surface area contributed by atoms with Crippen molar-refractivity contribution in [2.24, 2.45) is 0 Å². The monoisotopic (exact) mass is 238 g/mol. The van der Waals surface area contributed by atoms with Crippen molar-refractivity contribution < 1.29 is 0 Å². The van der Waals surface area contributed by atoms with E-state index in [1.807, 2.05) is 0 Å². The fraction of sp³-hybridized carbons (Fsp3) is 0.923. The highest BCUT2D eigenvalue weighted by atomic mass is 15.3. The standard InChI is InChI=1S/C13H26N4/c1-12-6-8-16(4)13(5-7-14)11-17(12)10-9-15(2)3/h12-13H,5-6,8-11H2,1-4H3. The fourth-order valence-electron chi connectivity index (χ4n) is 2.31. The van der Waals surface area contributed by atoms with Crippen molar-refractivity contribution in [1.82, 2.24) is 14.7 Å². The Morgan fingerprint density at radius 1 is 1.41 bits per heavy atom. The molecule has 0 spiro atoms. The van der Waals surface area contributed by atoms with Crippen molar-refractivity contribution in [2.75, 3.05) is 47.3 Å². The van der Waals surface area contributed by atoms with Crippen LogP contribution in [0.1, 0.15) is 19.8 Å². The molecule has 1 aliphatic heterocycles. The van der Waals surface area contributed by atoms with E-state index in [0.29, 0.717) is 18.5 Å². The Morgan fingerprint density at radius 2 is 2.12 bits per heavy atom. The van der Waals surface area contributed by atoms with Gasteiger partial charge in [-0.15, -0.1) is 0 Å². The zero-order valence-corrected chi connectivity index (χ0v) is 11.7. The third kappa shape index (κ3) is 4.63. The van der Waals surface area contributed by atoms with E-state index < -0.39 is 0 Å². The van der Waals surface area contributed by atoms with Gasteiger partial charge >= 0.3 is 0 Å². The summed E-state index contributed by atoms with van der Waals surface area (Å²) in [6.07, 6.45) is 1.84. The highest BCUT2D eigenvalue weighted by Gasteiger charge is 2.25. The van der Waals surface area contributed by atoms with Gasteiger partial charge in [0.15, 0.2) is 0 Å². The third-order valence-corrected chi connectivity index (χ3v) is 3.75. The van der Waals surface area contributed by atoms with Crippen LogP contribution in [-0.4, -0.2) is 74.1 Å². The number of hydrogen-bond donors (Lipinski definition) is 0. The van der Waals surface area contributed by atoms with Crippen LogP contribution in [0.3, 0.4) is 0 Å². The van der Waals surface area contributed by atoms with Gasteiger partial charge in [-0.25, -0.2) is 0 Å². The second-order valence-electron chi connectivity index (χ2n) is 5.43. The predicted octanol–water partition coefficient (Wildman–Crippen LogP) is 0.856. The lowest BCUT2D eigenvalue weighted by atomic mass is 10.2. The first-order valence-electron chi connectivity index (χ1n) is 6.50. The first kappa shape index (κ1) is 14.4. The number of nitrogens with zero attached hydrogens (tertiary/aromatic N) is 4. The zero-order valence-electron chi connectivity index (χ0n) is 11.7. The van der Waals surface area contributed by atoms with Crippen LogP contribution in [0.25, 0.3) is 0 Å². The van der Waals surface area contributed by atoms with E-state index in [4.69, 9.17) is 5.26 Å². The Balaban J connectivity index is 2.57. The molecule has 17 heavy (non-hydrogen) atoms. The molecule has 0 aromatic carbocycles. The summed E-state index contributed by atoms with van der Waals surface area (Å²) in [4.78, 5) is 7.10. The Labute approximate surface area is 106 Å². The van der Waals surface area contributed by atoms with E-state index in [1.54, 1.807) is 0 Å². The summed E-state index contributed by atoms with van der Waals surface area (Å²) in [6, 6.07) is 3.34. The molecule has 0 aliphatic carbocycles. The molecule has 1 rings (SSSR count). The molecule has 1 fully saturated rings. The molecule has 98 valence electrons. The first-order chi connectivity index (χ1) is 8.04. The summed E-state index contributed by atoms with van der Waals surface area (Å²) in [5.41, 5.74) is 0. The number of rotatable bonds is 4. The minimum Gasteiger partial charge on any atom is -0.308 e. The van der Waals surface area contributed by atoms with E-state index in [9.17, 15) is 0 Å². The quantitative estimate of drug-likeness (QED) is 0.727. The Bertz CT molecular complexity index is 259. The van der Waals surface area contributed by atoms with Gasteiger partial charge in [-0.3, -0.25) is 4.90 Å². The molecule has 4 heteroatoms. The lowest BCUT2D eigenvalue weighted by Crippen LogP contribution is -2.43. The molecule has 1 saturated heterocycles. The molecular formula is C13H26N4. The van der Waals surface area contributed by atoms with Gasteiger partial charge in [0.1, 0.15) is 0 Å². The minimum atomic E-state index is 0.395. The van der Waals surface area contributed by atoms with Crippen LogP contribution in [0.4, 0.5) is 0 Å². The largest absolute Gasteiger partial charge is 0.308 e. The Hall–Kier alpha value is -0.630. The molecule has 0 N–H and O–H groups in total. The van der Waals surface area contributed by atoms with E-state index in [0.717, 1.165) is 26.2 Å². The van der Waals surface area contributed by atoms with Crippen molar-refractivity contribution in [3.63, 3.8) is 0 Å². The molecule has 2 unspecified atom stereocenters. The maximum atomic E-state index is 8.89. The smallest absolute Gasteiger partial charge is 0.0638 e. The fourth-order valence-corrected chi connectivity index (χ4v) is 2.31. The minimum absolute atomic E-state index is 0.395. The normalized spacial score (nSPS) is 28.0. The van der Waals surface area contributed by atoms with E-state index in [-0.39, 0.29) is 0 Å². The lowest BCUT2D eigenvalue weighted by Gasteiger charge is -2.30. The molecule has 4 nitrogen and oxygen atoms in total. The molecule has 0 bridgehead atoms. The second-order valence-corrected chi connectivity index (χ2v) is 5.43. The highest BCUT2D eigenvalue weighted by molar-refractivity contribution is 4.88. The van der Waals surface area contributed by atoms with Crippen LogP contribution in [0, 0.1) is 11.3 Å². The molecule has 0 amide bonds. The summed E-state index contributed by atoms with van der Waals surface area (Å²) in [5, 5.41) is 8.89. The SMILES string of the molecule is CC1CCN(C)C(CC#N)CN1CCN(C)C. The summed E-state index contributed by atoms with van der Waals surface area (Å²) in [5.74, 6) is 0. The third-order valence-electron chi connectivity index (χ3n) is 3.75. The van der Waals surface area contributed by atoms with Crippen LogP contribution < -0.4 is 0 Å². The van der Waals surface area contributed by atoms with Gasteiger partial charge in [0.2, 0.25) is 0 Å². The molecule has 0 radical (unpaired) electrons. The second kappa shape index (κ2) is 6.95. The van der Waals surface area contributed by atoms with Crippen molar-refractivity contribution in [1.29, 1.82) is 5.26 Å². The first-order valence-corrected chi connectivity index (χ1v) is 6.50. The Morgan fingerprint density at radius 3 is 2.71 bits per heavy atom. The number of nitriles is 1. The topological polar surface area (TPSA) is 33.5 Å². The number of hydrogen-bond acceptors (Lipinski definition) is 4. The van der Waals surface area contributed by atoms with Crippen LogP contribution in [-0.2, 0) is 0 Å². The van der Waals surface area contributed by atoms with E-state index >= 15 is 0 Å². The van der Waals surface area contributed by atoms with Crippen molar-refractivity contribution in [3.8, 4) is 6.07 Å². The maximum Gasteiger partial charge on any atom is 0.0638 e. The van der Waals surface area contributed by atoms with E-state index in [1.165, 1.54) is 6.42 Å². The molecule has 1 aliphatic rings. The van der Waals surface area contributed by atoms with Crippen LogP contribution in [0.5, 0.6) is 0 Å². The zero-order chi connectivity index (χ0) is 12.8. The highest BCUT2D eigenvalue weighted by Crippen LogP contribution is 2.15. The van der Waals surface area contributed by atoms with Gasteiger partial charge in [0.25, 0.3) is 0 Å². The lowest BCUT2D eigenvalue weighted by molar-refractivity contribution is 0.168. The molecule has 1 heterocycles. The Kier molecular flexibility index (Phi) is 5.90. The molecule has 0 aromatic rings. The van der Waals surface area contributed by atoms with Crippen LogP contribution in [0.15, 0.2) is 0 Å². The molecule has 0 aromatic heterocycles. The van der Waals surface area contributed by atoms with Crippen molar-refractivity contribution in [3.05, 3.63) is 0 Å². The summed E-state index contributed by atoms with van der Waals surface area (Å²) < 4.78 is 0. The summed E-state index contributed by atoms with van der Waals surface area (Å²) >= 11 is 0. The van der Waals surface area contributed by atoms with Crippen LogP contribution in [0.2, 0.25) is 0 Å². The van der Waals surface area contributed by atoms with Gasteiger partial charge < -0.3 is 9.80 Å². The maximum absolute atomic E-state index is 8.89. The van der Waals surface area contributed by atoms with Gasteiger partial charge in [-0.1, -0.05) is 0 Å². The number of likely N-dealkylation sites (N-methyl/N-ethyl adjacent to an activating group) is 2. The van der Waals surface area contributed by atoms with Gasteiger partial charge in [-0.2, -0.15) is 5.26 Å².